The smallest absolute Gasteiger partial charge is 0.255 e. The summed E-state index contributed by atoms with van der Waals surface area (Å²) in [5.74, 6) is 0.378. The van der Waals surface area contributed by atoms with E-state index in [0.717, 1.165) is 10.2 Å². The molecule has 0 bridgehead atoms. The first-order chi connectivity index (χ1) is 13.8. The van der Waals surface area contributed by atoms with Crippen molar-refractivity contribution in [2.75, 3.05) is 36.4 Å². The zero-order valence-electron chi connectivity index (χ0n) is 16.6. The van der Waals surface area contributed by atoms with Crippen molar-refractivity contribution in [3.05, 3.63) is 57.5 Å². The summed E-state index contributed by atoms with van der Waals surface area (Å²) in [5, 5.41) is 3.54. The Morgan fingerprint density at radius 3 is 2.34 bits per heavy atom. The molecule has 1 fully saturated rings. The maximum atomic E-state index is 12.7. The molecule has 1 saturated heterocycles. The van der Waals surface area contributed by atoms with E-state index in [0.29, 0.717) is 54.8 Å². The Labute approximate surface area is 185 Å². The molecule has 0 aromatic heterocycles. The van der Waals surface area contributed by atoms with Gasteiger partial charge in [0.2, 0.25) is 5.91 Å². The molecule has 5 nitrogen and oxygen atoms in total. The van der Waals surface area contributed by atoms with Crippen molar-refractivity contribution in [2.45, 2.75) is 20.3 Å². The summed E-state index contributed by atoms with van der Waals surface area (Å²) in [7, 11) is 0. The van der Waals surface area contributed by atoms with Gasteiger partial charge < -0.3 is 15.1 Å². The van der Waals surface area contributed by atoms with Crippen LogP contribution in [-0.4, -0.2) is 42.9 Å². The number of halogens is 2. The van der Waals surface area contributed by atoms with Gasteiger partial charge in [-0.15, -0.1) is 0 Å². The molecule has 0 atom stereocenters. The summed E-state index contributed by atoms with van der Waals surface area (Å²) in [5.41, 5.74) is 2.16. The number of anilines is 2. The summed E-state index contributed by atoms with van der Waals surface area (Å²) in [6.07, 6.45) is 0.579. The van der Waals surface area contributed by atoms with Crippen LogP contribution in [0.5, 0.6) is 0 Å². The predicted octanol–water partition coefficient (Wildman–Crippen LogP) is 5.05. The summed E-state index contributed by atoms with van der Waals surface area (Å²) < 4.78 is 0.919. The van der Waals surface area contributed by atoms with Gasteiger partial charge in [-0.2, -0.15) is 0 Å². The fourth-order valence-corrected chi connectivity index (χ4v) is 3.79. The first kappa shape index (κ1) is 21.7. The Hall–Kier alpha value is -2.05. The van der Waals surface area contributed by atoms with Crippen molar-refractivity contribution in [1.82, 2.24) is 4.90 Å². The molecule has 0 aliphatic carbocycles. The Morgan fingerprint density at radius 1 is 1.07 bits per heavy atom. The predicted molar refractivity (Wildman–Crippen MR) is 122 cm³/mol. The molecule has 0 unspecified atom stereocenters. The second-order valence-corrected chi connectivity index (χ2v) is 8.94. The van der Waals surface area contributed by atoms with Gasteiger partial charge in [-0.1, -0.05) is 41.4 Å². The van der Waals surface area contributed by atoms with E-state index in [2.05, 4.69) is 40.0 Å². The second-order valence-electron chi connectivity index (χ2n) is 7.59. The van der Waals surface area contributed by atoms with Gasteiger partial charge in [0.15, 0.2) is 0 Å². The average Bonchev–Trinajstić information content (AvgIpc) is 2.68. The highest BCUT2D eigenvalue weighted by molar-refractivity contribution is 9.10. The van der Waals surface area contributed by atoms with Gasteiger partial charge in [0, 0.05) is 47.7 Å². The Morgan fingerprint density at radius 2 is 1.72 bits per heavy atom. The van der Waals surface area contributed by atoms with Crippen molar-refractivity contribution in [3.63, 3.8) is 0 Å². The van der Waals surface area contributed by atoms with Gasteiger partial charge in [-0.25, -0.2) is 0 Å². The standard InChI is InChI=1S/C22H25BrClN3O2/c1-15(2)13-21(28)27-11-9-26(10-12-27)20-8-7-18(24)14-19(20)25-22(29)16-3-5-17(23)6-4-16/h3-8,14-15H,9-13H2,1-2H3,(H,25,29). The van der Waals surface area contributed by atoms with Crippen LogP contribution in [-0.2, 0) is 4.79 Å². The third kappa shape index (κ3) is 5.73. The molecule has 0 radical (unpaired) electrons. The van der Waals surface area contributed by atoms with Crippen molar-refractivity contribution in [2.24, 2.45) is 5.92 Å². The monoisotopic (exact) mass is 477 g/mol. The summed E-state index contributed by atoms with van der Waals surface area (Å²) >= 11 is 9.57. The topological polar surface area (TPSA) is 52.7 Å². The molecule has 2 amide bonds. The summed E-state index contributed by atoms with van der Waals surface area (Å²) in [6.45, 7) is 6.90. The van der Waals surface area contributed by atoms with E-state index in [9.17, 15) is 9.59 Å². The molecule has 0 spiro atoms. The van der Waals surface area contributed by atoms with E-state index in [4.69, 9.17) is 11.6 Å². The van der Waals surface area contributed by atoms with E-state index < -0.39 is 0 Å². The number of nitrogens with one attached hydrogen (secondary N) is 1. The lowest BCUT2D eigenvalue weighted by atomic mass is 10.1. The molecule has 1 aliphatic rings. The van der Waals surface area contributed by atoms with Crippen molar-refractivity contribution in [1.29, 1.82) is 0 Å². The van der Waals surface area contributed by atoms with Crippen LogP contribution in [0.25, 0.3) is 0 Å². The molecule has 2 aromatic rings. The molecular formula is C22H25BrClN3O2. The maximum Gasteiger partial charge on any atom is 0.255 e. The summed E-state index contributed by atoms with van der Waals surface area (Å²) in [6, 6.07) is 12.7. The molecule has 3 rings (SSSR count). The molecule has 1 N–H and O–H groups in total. The Bertz CT molecular complexity index is 878. The first-order valence-corrected chi connectivity index (χ1v) is 10.9. The van der Waals surface area contributed by atoms with Gasteiger partial charge in [0.25, 0.3) is 5.91 Å². The highest BCUT2D eigenvalue weighted by atomic mass is 79.9. The highest BCUT2D eigenvalue weighted by Crippen LogP contribution is 2.30. The largest absolute Gasteiger partial charge is 0.366 e. The van der Waals surface area contributed by atoms with E-state index >= 15 is 0 Å². The molecule has 1 heterocycles. The first-order valence-electron chi connectivity index (χ1n) is 9.72. The Kier molecular flexibility index (Phi) is 7.19. The lowest BCUT2D eigenvalue weighted by Crippen LogP contribution is -2.49. The molecule has 1 aliphatic heterocycles. The average molecular weight is 479 g/mol. The van der Waals surface area contributed by atoms with Gasteiger partial charge in [0.1, 0.15) is 0 Å². The van der Waals surface area contributed by atoms with Gasteiger partial charge in [-0.3, -0.25) is 9.59 Å². The van der Waals surface area contributed by atoms with Crippen LogP contribution in [0.3, 0.4) is 0 Å². The number of benzene rings is 2. The second kappa shape index (κ2) is 9.63. The van der Waals surface area contributed by atoms with Crippen molar-refractivity contribution >= 4 is 50.7 Å². The quantitative estimate of drug-likeness (QED) is 0.654. The SMILES string of the molecule is CC(C)CC(=O)N1CCN(c2ccc(Cl)cc2NC(=O)c2ccc(Br)cc2)CC1. The highest BCUT2D eigenvalue weighted by Gasteiger charge is 2.23. The number of piperazine rings is 1. The molecule has 0 saturated carbocycles. The number of nitrogens with zero attached hydrogens (tertiary/aromatic N) is 2. The summed E-state index contributed by atoms with van der Waals surface area (Å²) in [4.78, 5) is 29.1. The lowest BCUT2D eigenvalue weighted by Gasteiger charge is -2.37. The van der Waals surface area contributed by atoms with Gasteiger partial charge >= 0.3 is 0 Å². The molecular weight excluding hydrogens is 454 g/mol. The normalized spacial score (nSPS) is 14.2. The number of carbonyl (C=O) groups excluding carboxylic acids is 2. The molecule has 7 heteroatoms. The van der Waals surface area contributed by atoms with E-state index in [-0.39, 0.29) is 11.8 Å². The number of carbonyl (C=O) groups is 2. The fourth-order valence-electron chi connectivity index (χ4n) is 3.35. The van der Waals surface area contributed by atoms with Crippen LogP contribution in [0.1, 0.15) is 30.6 Å². The number of hydrogen-bond acceptors (Lipinski definition) is 3. The zero-order valence-corrected chi connectivity index (χ0v) is 19.0. The number of rotatable bonds is 5. The molecule has 29 heavy (non-hydrogen) atoms. The lowest BCUT2D eigenvalue weighted by molar-refractivity contribution is -0.132. The van der Waals surface area contributed by atoms with E-state index in [1.165, 1.54) is 0 Å². The van der Waals surface area contributed by atoms with Gasteiger partial charge in [-0.05, 0) is 48.4 Å². The van der Waals surface area contributed by atoms with E-state index in [1.54, 1.807) is 18.2 Å². The van der Waals surface area contributed by atoms with Crippen molar-refractivity contribution < 1.29 is 9.59 Å². The van der Waals surface area contributed by atoms with Crippen LogP contribution in [0.4, 0.5) is 11.4 Å². The van der Waals surface area contributed by atoms with Crippen LogP contribution in [0.15, 0.2) is 46.9 Å². The van der Waals surface area contributed by atoms with Crippen LogP contribution < -0.4 is 10.2 Å². The minimum atomic E-state index is -0.188. The minimum Gasteiger partial charge on any atom is -0.366 e. The third-order valence-electron chi connectivity index (χ3n) is 4.87. The molecule has 2 aromatic carbocycles. The molecule has 154 valence electrons. The van der Waals surface area contributed by atoms with Gasteiger partial charge in [0.05, 0.1) is 11.4 Å². The minimum absolute atomic E-state index is 0.188. The van der Waals surface area contributed by atoms with Crippen LogP contribution in [0, 0.1) is 5.92 Å². The van der Waals surface area contributed by atoms with Crippen LogP contribution in [0.2, 0.25) is 5.02 Å². The maximum absolute atomic E-state index is 12.7. The zero-order chi connectivity index (χ0) is 21.0. The third-order valence-corrected chi connectivity index (χ3v) is 5.63. The van der Waals surface area contributed by atoms with E-state index in [1.807, 2.05) is 29.2 Å². The number of amides is 2. The number of hydrogen-bond donors (Lipinski definition) is 1. The fraction of sp³-hybridized carbons (Fsp3) is 0.364. The van der Waals surface area contributed by atoms with Crippen molar-refractivity contribution in [3.8, 4) is 0 Å². The van der Waals surface area contributed by atoms with Crippen LogP contribution >= 0.6 is 27.5 Å². The Balaban J connectivity index is 1.71.